The lowest BCUT2D eigenvalue weighted by Gasteiger charge is -2.11. The van der Waals surface area contributed by atoms with Crippen LogP contribution >= 0.6 is 0 Å². The maximum absolute atomic E-state index is 11.8. The second kappa shape index (κ2) is 8.35. The van der Waals surface area contributed by atoms with E-state index in [1.54, 1.807) is 24.3 Å². The highest BCUT2D eigenvalue weighted by Crippen LogP contribution is 2.15. The molecule has 110 valence electrons. The van der Waals surface area contributed by atoms with Gasteiger partial charge in [0.15, 0.2) is 0 Å². The Morgan fingerprint density at radius 3 is 2.30 bits per heavy atom. The second-order valence-electron chi connectivity index (χ2n) is 4.89. The molecule has 0 spiro atoms. The molecule has 0 amide bonds. The van der Waals surface area contributed by atoms with Crippen LogP contribution in [0.1, 0.15) is 55.5 Å². The van der Waals surface area contributed by atoms with Gasteiger partial charge in [-0.15, -0.1) is 0 Å². The molecule has 1 aromatic rings. The van der Waals surface area contributed by atoms with Gasteiger partial charge in [-0.1, -0.05) is 44.4 Å². The quantitative estimate of drug-likeness (QED) is 0.586. The molecule has 0 saturated heterocycles. The Morgan fingerprint density at radius 2 is 1.75 bits per heavy atom. The predicted octanol–water partition coefficient (Wildman–Crippen LogP) is 3.83. The summed E-state index contributed by atoms with van der Waals surface area (Å²) in [6.07, 6.45) is 3.42. The van der Waals surface area contributed by atoms with Crippen molar-refractivity contribution in [2.45, 2.75) is 46.5 Å². The third-order valence-corrected chi connectivity index (χ3v) is 3.22. The van der Waals surface area contributed by atoms with Crippen molar-refractivity contribution in [3.63, 3.8) is 0 Å². The molecule has 0 aliphatic carbocycles. The first-order chi connectivity index (χ1) is 9.58. The zero-order valence-corrected chi connectivity index (χ0v) is 12.3. The standard InChI is InChI=1S/C16H22O4/c1-4-6-7-13(5-2)15(17)19-20-16(18)14-10-8-12(3)9-11-14/h8-11,13H,4-7H2,1-3H3. The van der Waals surface area contributed by atoms with Gasteiger partial charge in [0, 0.05) is 0 Å². The SMILES string of the molecule is CCCCC(CC)C(=O)OOC(=O)c1ccc(C)cc1. The van der Waals surface area contributed by atoms with Gasteiger partial charge in [0.25, 0.3) is 0 Å². The van der Waals surface area contributed by atoms with Gasteiger partial charge in [-0.2, -0.15) is 0 Å². The van der Waals surface area contributed by atoms with Crippen LogP contribution in [0.15, 0.2) is 24.3 Å². The molecule has 4 nitrogen and oxygen atoms in total. The maximum atomic E-state index is 11.8. The van der Waals surface area contributed by atoms with E-state index in [2.05, 4.69) is 16.7 Å². The molecule has 0 aliphatic rings. The molecule has 4 heteroatoms. The van der Waals surface area contributed by atoms with E-state index in [9.17, 15) is 9.59 Å². The third kappa shape index (κ3) is 5.03. The Kier molecular flexibility index (Phi) is 6.77. The zero-order chi connectivity index (χ0) is 15.0. The number of carbonyl (C=O) groups is 2. The average molecular weight is 278 g/mol. The van der Waals surface area contributed by atoms with Crippen LogP contribution in [0.4, 0.5) is 0 Å². The Morgan fingerprint density at radius 1 is 1.10 bits per heavy atom. The molecule has 1 rings (SSSR count). The van der Waals surface area contributed by atoms with Crippen molar-refractivity contribution in [1.29, 1.82) is 0 Å². The van der Waals surface area contributed by atoms with Crippen LogP contribution in [0.2, 0.25) is 0 Å². The fraction of sp³-hybridized carbons (Fsp3) is 0.500. The number of unbranched alkanes of at least 4 members (excludes halogenated alkanes) is 1. The van der Waals surface area contributed by atoms with Gasteiger partial charge in [0.1, 0.15) is 0 Å². The van der Waals surface area contributed by atoms with Gasteiger partial charge in [-0.3, -0.25) is 0 Å². The lowest BCUT2D eigenvalue weighted by atomic mass is 10.00. The van der Waals surface area contributed by atoms with E-state index in [4.69, 9.17) is 0 Å². The first-order valence-corrected chi connectivity index (χ1v) is 7.07. The maximum Gasteiger partial charge on any atom is 0.386 e. The van der Waals surface area contributed by atoms with Crippen LogP contribution in [0.25, 0.3) is 0 Å². The number of carbonyl (C=O) groups excluding carboxylic acids is 2. The third-order valence-electron chi connectivity index (χ3n) is 3.22. The summed E-state index contributed by atoms with van der Waals surface area (Å²) >= 11 is 0. The van der Waals surface area contributed by atoms with Crippen LogP contribution in [0.5, 0.6) is 0 Å². The number of hydrogen-bond acceptors (Lipinski definition) is 4. The first-order valence-electron chi connectivity index (χ1n) is 7.07. The van der Waals surface area contributed by atoms with Crippen molar-refractivity contribution in [2.24, 2.45) is 5.92 Å². The van der Waals surface area contributed by atoms with Crippen LogP contribution in [0.3, 0.4) is 0 Å². The van der Waals surface area contributed by atoms with Crippen molar-refractivity contribution in [2.75, 3.05) is 0 Å². The fourth-order valence-corrected chi connectivity index (χ4v) is 1.82. The molecule has 0 N–H and O–H groups in total. The summed E-state index contributed by atoms with van der Waals surface area (Å²) in [6, 6.07) is 6.88. The second-order valence-corrected chi connectivity index (χ2v) is 4.89. The first kappa shape index (κ1) is 16.2. The largest absolute Gasteiger partial charge is 0.386 e. The summed E-state index contributed by atoms with van der Waals surface area (Å²) < 4.78 is 0. The van der Waals surface area contributed by atoms with E-state index in [0.717, 1.165) is 24.8 Å². The molecule has 0 fully saturated rings. The number of rotatable bonds is 6. The lowest BCUT2D eigenvalue weighted by Crippen LogP contribution is -2.19. The minimum absolute atomic E-state index is 0.208. The van der Waals surface area contributed by atoms with E-state index in [1.165, 1.54) is 0 Å². The van der Waals surface area contributed by atoms with Crippen LogP contribution in [-0.4, -0.2) is 11.9 Å². The molecule has 1 unspecified atom stereocenters. The van der Waals surface area contributed by atoms with Crippen molar-refractivity contribution in [3.05, 3.63) is 35.4 Å². The summed E-state index contributed by atoms with van der Waals surface area (Å²) in [5.41, 5.74) is 1.41. The topological polar surface area (TPSA) is 52.6 Å². The number of benzene rings is 1. The molecule has 0 bridgehead atoms. The summed E-state index contributed by atoms with van der Waals surface area (Å²) in [5.74, 6) is -1.33. The molecule has 0 heterocycles. The number of aryl methyl sites for hydroxylation is 1. The van der Waals surface area contributed by atoms with Gasteiger partial charge in [-0.25, -0.2) is 19.4 Å². The average Bonchev–Trinajstić information content (AvgIpc) is 2.46. The van der Waals surface area contributed by atoms with Gasteiger partial charge < -0.3 is 0 Å². The van der Waals surface area contributed by atoms with Crippen molar-refractivity contribution < 1.29 is 19.4 Å². The van der Waals surface area contributed by atoms with Gasteiger partial charge >= 0.3 is 11.9 Å². The molecule has 0 radical (unpaired) electrons. The molecule has 0 saturated carbocycles. The molecule has 0 aromatic heterocycles. The highest BCUT2D eigenvalue weighted by atomic mass is 17.2. The summed E-state index contributed by atoms with van der Waals surface area (Å²) in [4.78, 5) is 32.7. The van der Waals surface area contributed by atoms with E-state index in [1.807, 2.05) is 13.8 Å². The summed E-state index contributed by atoms with van der Waals surface area (Å²) in [6.45, 7) is 5.91. The van der Waals surface area contributed by atoms with Crippen molar-refractivity contribution in [3.8, 4) is 0 Å². The predicted molar refractivity (Wildman–Crippen MR) is 76.0 cm³/mol. The molecular weight excluding hydrogens is 256 g/mol. The van der Waals surface area contributed by atoms with Gasteiger partial charge in [0.05, 0.1) is 11.5 Å². The minimum Gasteiger partial charge on any atom is -0.247 e. The molecular formula is C16H22O4. The van der Waals surface area contributed by atoms with Crippen molar-refractivity contribution in [1.82, 2.24) is 0 Å². The van der Waals surface area contributed by atoms with Crippen molar-refractivity contribution >= 4 is 11.9 Å². The molecule has 0 aliphatic heterocycles. The Balaban J connectivity index is 2.47. The monoisotopic (exact) mass is 278 g/mol. The zero-order valence-electron chi connectivity index (χ0n) is 12.3. The van der Waals surface area contributed by atoms with Crippen LogP contribution < -0.4 is 0 Å². The van der Waals surface area contributed by atoms with Gasteiger partial charge in [0.2, 0.25) is 0 Å². The Bertz CT molecular complexity index is 436. The normalized spacial score (nSPS) is 11.8. The minimum atomic E-state index is -0.649. The van der Waals surface area contributed by atoms with Gasteiger partial charge in [-0.05, 0) is 31.9 Å². The van der Waals surface area contributed by atoms with E-state index < -0.39 is 11.9 Å². The van der Waals surface area contributed by atoms with E-state index in [-0.39, 0.29) is 5.92 Å². The van der Waals surface area contributed by atoms with E-state index in [0.29, 0.717) is 12.0 Å². The van der Waals surface area contributed by atoms with E-state index >= 15 is 0 Å². The number of hydrogen-bond donors (Lipinski definition) is 0. The summed E-state index contributed by atoms with van der Waals surface area (Å²) in [7, 11) is 0. The molecule has 1 atom stereocenters. The molecule has 1 aromatic carbocycles. The van der Waals surface area contributed by atoms with Crippen LogP contribution in [0, 0.1) is 12.8 Å². The van der Waals surface area contributed by atoms with Crippen LogP contribution in [-0.2, 0) is 14.6 Å². The Hall–Kier alpha value is -1.84. The highest BCUT2D eigenvalue weighted by molar-refractivity contribution is 5.89. The highest BCUT2D eigenvalue weighted by Gasteiger charge is 2.20. The smallest absolute Gasteiger partial charge is 0.247 e. The summed E-state index contributed by atoms with van der Waals surface area (Å²) in [5, 5.41) is 0. The lowest BCUT2D eigenvalue weighted by molar-refractivity contribution is -0.238. The fourth-order valence-electron chi connectivity index (χ4n) is 1.82. The Labute approximate surface area is 120 Å². The molecule has 20 heavy (non-hydrogen) atoms.